The summed E-state index contributed by atoms with van der Waals surface area (Å²) in [6.07, 6.45) is 7.36. The Hall–Kier alpha value is -3.20. The van der Waals surface area contributed by atoms with E-state index in [1.165, 1.54) is 48.1 Å². The summed E-state index contributed by atoms with van der Waals surface area (Å²) in [7, 11) is 1.55. The third kappa shape index (κ3) is 5.14. The second-order valence-corrected chi connectivity index (χ2v) is 9.31. The van der Waals surface area contributed by atoms with E-state index in [1.807, 2.05) is 0 Å². The number of ether oxygens (including phenoxy) is 2. The van der Waals surface area contributed by atoms with Crippen molar-refractivity contribution in [2.45, 2.75) is 51.9 Å². The molecule has 1 saturated carbocycles. The maximum absolute atomic E-state index is 13.5. The first-order chi connectivity index (χ1) is 16.5. The number of esters is 1. The van der Waals surface area contributed by atoms with Crippen LogP contribution in [0.25, 0.3) is 16.5 Å². The van der Waals surface area contributed by atoms with Crippen molar-refractivity contribution in [1.29, 1.82) is 0 Å². The lowest BCUT2D eigenvalue weighted by atomic mass is 9.86. The first kappa shape index (κ1) is 23.9. The molecule has 34 heavy (non-hydrogen) atoms. The van der Waals surface area contributed by atoms with Crippen LogP contribution < -0.4 is 15.6 Å². The van der Waals surface area contributed by atoms with Gasteiger partial charge in [-0.25, -0.2) is 4.79 Å². The van der Waals surface area contributed by atoms with E-state index in [0.717, 1.165) is 6.42 Å². The number of carbonyl (C=O) groups excluding carboxylic acids is 2. The van der Waals surface area contributed by atoms with E-state index in [9.17, 15) is 14.4 Å². The standard InChI is InChI=1S/C25H29N3O5S/c1-3-33-25(31)22-19-15-34-23(26-20(29)14-9-16-7-5-4-6-8-16)21(19)24(30)28(27-22)17-10-12-18(32-2)13-11-17/h10-13,15-16H,3-9,14H2,1-2H3,(H,26,29). The SMILES string of the molecule is CCOC(=O)c1nn(-c2ccc(OC)cc2)c(=O)c2c(NC(=O)CCC3CCCCC3)scc12. The van der Waals surface area contributed by atoms with Crippen molar-refractivity contribution in [3.8, 4) is 11.4 Å². The van der Waals surface area contributed by atoms with E-state index in [2.05, 4.69) is 10.4 Å². The van der Waals surface area contributed by atoms with Crippen molar-refractivity contribution in [2.24, 2.45) is 5.92 Å². The first-order valence-electron chi connectivity index (χ1n) is 11.7. The van der Waals surface area contributed by atoms with Crippen LogP contribution in [0.4, 0.5) is 5.00 Å². The fraction of sp³-hybridized carbons (Fsp3) is 0.440. The summed E-state index contributed by atoms with van der Waals surface area (Å²) in [4.78, 5) is 38.8. The molecule has 0 unspecified atom stereocenters. The van der Waals surface area contributed by atoms with Crippen LogP contribution in [0.15, 0.2) is 34.4 Å². The number of methoxy groups -OCH3 is 1. The Morgan fingerprint density at radius 3 is 2.59 bits per heavy atom. The minimum Gasteiger partial charge on any atom is -0.497 e. The molecule has 3 aromatic rings. The van der Waals surface area contributed by atoms with Gasteiger partial charge in [0.25, 0.3) is 5.56 Å². The van der Waals surface area contributed by atoms with Crippen LogP contribution in [0.1, 0.15) is 62.4 Å². The van der Waals surface area contributed by atoms with Crippen molar-refractivity contribution in [1.82, 2.24) is 9.78 Å². The van der Waals surface area contributed by atoms with Crippen molar-refractivity contribution < 1.29 is 19.1 Å². The average molecular weight is 484 g/mol. The number of hydrogen-bond acceptors (Lipinski definition) is 7. The zero-order chi connectivity index (χ0) is 24.1. The number of rotatable bonds is 8. The number of benzene rings is 1. The smallest absolute Gasteiger partial charge is 0.359 e. The molecule has 180 valence electrons. The van der Waals surface area contributed by atoms with Gasteiger partial charge in [-0.1, -0.05) is 32.1 Å². The highest BCUT2D eigenvalue weighted by molar-refractivity contribution is 7.16. The Bertz CT molecular complexity index is 1230. The molecule has 1 fully saturated rings. The topological polar surface area (TPSA) is 99.5 Å². The molecule has 2 aromatic heterocycles. The Labute approximate surface area is 201 Å². The van der Waals surface area contributed by atoms with E-state index in [4.69, 9.17) is 9.47 Å². The van der Waals surface area contributed by atoms with Gasteiger partial charge in [0.2, 0.25) is 5.91 Å². The van der Waals surface area contributed by atoms with E-state index >= 15 is 0 Å². The first-order valence-corrected chi connectivity index (χ1v) is 12.6. The molecule has 0 aliphatic heterocycles. The van der Waals surface area contributed by atoms with Crippen LogP contribution in [-0.2, 0) is 9.53 Å². The molecule has 1 N–H and O–H groups in total. The second-order valence-electron chi connectivity index (χ2n) is 8.43. The van der Waals surface area contributed by atoms with Gasteiger partial charge in [0.15, 0.2) is 5.69 Å². The molecule has 0 radical (unpaired) electrons. The van der Waals surface area contributed by atoms with Crippen LogP contribution in [0.3, 0.4) is 0 Å². The lowest BCUT2D eigenvalue weighted by Crippen LogP contribution is -2.25. The molecule has 8 nitrogen and oxygen atoms in total. The minimum atomic E-state index is -0.622. The molecule has 1 aliphatic rings. The highest BCUT2D eigenvalue weighted by Crippen LogP contribution is 2.32. The van der Waals surface area contributed by atoms with Crippen molar-refractivity contribution >= 4 is 39.0 Å². The van der Waals surface area contributed by atoms with Gasteiger partial charge < -0.3 is 14.8 Å². The molecule has 1 aliphatic carbocycles. The number of anilines is 1. The second kappa shape index (κ2) is 10.8. The predicted molar refractivity (Wildman–Crippen MR) is 132 cm³/mol. The van der Waals surface area contributed by atoms with Crippen LogP contribution in [0, 0.1) is 5.92 Å². The molecule has 0 saturated heterocycles. The maximum Gasteiger partial charge on any atom is 0.359 e. The van der Waals surface area contributed by atoms with E-state index in [-0.39, 0.29) is 23.6 Å². The lowest BCUT2D eigenvalue weighted by molar-refractivity contribution is -0.116. The molecule has 9 heteroatoms. The number of thiophene rings is 1. The average Bonchev–Trinajstić information content (AvgIpc) is 3.28. The number of nitrogens with one attached hydrogen (secondary N) is 1. The number of hydrogen-bond donors (Lipinski definition) is 1. The summed E-state index contributed by atoms with van der Waals surface area (Å²) < 4.78 is 11.5. The molecule has 2 heterocycles. The number of carbonyl (C=O) groups is 2. The zero-order valence-corrected chi connectivity index (χ0v) is 20.3. The molecule has 0 bridgehead atoms. The summed E-state index contributed by atoms with van der Waals surface area (Å²) >= 11 is 1.21. The van der Waals surface area contributed by atoms with Crippen LogP contribution in [0.5, 0.6) is 5.75 Å². The van der Waals surface area contributed by atoms with Gasteiger partial charge in [-0.15, -0.1) is 11.3 Å². The van der Waals surface area contributed by atoms with Crippen molar-refractivity contribution in [3.05, 3.63) is 45.7 Å². The molecule has 1 aromatic carbocycles. The van der Waals surface area contributed by atoms with Gasteiger partial charge in [-0.3, -0.25) is 9.59 Å². The Morgan fingerprint density at radius 2 is 1.91 bits per heavy atom. The van der Waals surface area contributed by atoms with Gasteiger partial charge in [0, 0.05) is 17.2 Å². The maximum atomic E-state index is 13.5. The van der Waals surface area contributed by atoms with E-state index < -0.39 is 11.5 Å². The largest absolute Gasteiger partial charge is 0.497 e. The zero-order valence-electron chi connectivity index (χ0n) is 19.5. The predicted octanol–water partition coefficient (Wildman–Crippen LogP) is 4.93. The van der Waals surface area contributed by atoms with Crippen LogP contribution in [-0.4, -0.2) is 35.4 Å². The fourth-order valence-electron chi connectivity index (χ4n) is 4.39. The molecule has 0 spiro atoms. The monoisotopic (exact) mass is 483 g/mol. The quantitative estimate of drug-likeness (QED) is 0.456. The number of nitrogens with zero attached hydrogens (tertiary/aromatic N) is 2. The minimum absolute atomic E-state index is 0.0335. The molecule has 4 rings (SSSR count). The molecular formula is C25H29N3O5S. The number of amides is 1. The van der Waals surface area contributed by atoms with Crippen molar-refractivity contribution in [2.75, 3.05) is 19.0 Å². The van der Waals surface area contributed by atoms with Gasteiger partial charge >= 0.3 is 5.97 Å². The van der Waals surface area contributed by atoms with Gasteiger partial charge in [0.1, 0.15) is 10.8 Å². The fourth-order valence-corrected chi connectivity index (χ4v) is 5.34. The summed E-state index contributed by atoms with van der Waals surface area (Å²) in [5, 5.41) is 9.95. The third-order valence-electron chi connectivity index (χ3n) is 6.20. The molecule has 0 atom stereocenters. The Balaban J connectivity index is 1.68. The normalized spacial score (nSPS) is 14.2. The summed E-state index contributed by atoms with van der Waals surface area (Å²) in [6, 6.07) is 6.78. The van der Waals surface area contributed by atoms with Gasteiger partial charge in [-0.05, 0) is 43.5 Å². The highest BCUT2D eigenvalue weighted by atomic mass is 32.1. The number of aromatic nitrogens is 2. The summed E-state index contributed by atoms with van der Waals surface area (Å²) in [5.74, 6) is 0.471. The van der Waals surface area contributed by atoms with E-state index in [0.29, 0.717) is 34.2 Å². The molecule has 1 amide bonds. The van der Waals surface area contributed by atoms with Gasteiger partial charge in [0.05, 0.1) is 24.8 Å². The third-order valence-corrected chi connectivity index (χ3v) is 7.09. The number of fused-ring (bicyclic) bond motifs is 1. The van der Waals surface area contributed by atoms with Gasteiger partial charge in [-0.2, -0.15) is 9.78 Å². The highest BCUT2D eigenvalue weighted by Gasteiger charge is 2.23. The van der Waals surface area contributed by atoms with Crippen molar-refractivity contribution in [3.63, 3.8) is 0 Å². The Kier molecular flexibility index (Phi) is 7.62. The van der Waals surface area contributed by atoms with E-state index in [1.54, 1.807) is 43.7 Å². The molecular weight excluding hydrogens is 454 g/mol. The summed E-state index contributed by atoms with van der Waals surface area (Å²) in [5.41, 5.74) is 0.0855. The lowest BCUT2D eigenvalue weighted by Gasteiger charge is -2.20. The Morgan fingerprint density at radius 1 is 1.18 bits per heavy atom. The summed E-state index contributed by atoms with van der Waals surface area (Å²) in [6.45, 7) is 1.89. The van der Waals surface area contributed by atoms with Crippen LogP contribution in [0.2, 0.25) is 0 Å². The van der Waals surface area contributed by atoms with Crippen LogP contribution >= 0.6 is 11.3 Å².